The molecule has 0 atom stereocenters. The molecule has 7 heteroatoms. The lowest BCUT2D eigenvalue weighted by Gasteiger charge is -2.45. The van der Waals surface area contributed by atoms with E-state index in [1.54, 1.807) is 5.06 Å². The van der Waals surface area contributed by atoms with Crippen LogP contribution in [0.3, 0.4) is 0 Å². The summed E-state index contributed by atoms with van der Waals surface area (Å²) < 4.78 is 0. The van der Waals surface area contributed by atoms with E-state index in [1.807, 2.05) is 0 Å². The Balaban J connectivity index is 0.00000231. The Morgan fingerprint density at radius 3 is 2.39 bits per heavy atom. The quantitative estimate of drug-likeness (QED) is 0.581. The number of aliphatic imine (C=N–C) groups is 2. The molecule has 162 valence electrons. The summed E-state index contributed by atoms with van der Waals surface area (Å²) in [7, 11) is 0. The average molecular weight is 438 g/mol. The van der Waals surface area contributed by atoms with Crippen molar-refractivity contribution in [3.63, 3.8) is 0 Å². The molecule has 0 radical (unpaired) electrons. The second-order valence-corrected chi connectivity index (χ2v) is 8.48. The van der Waals surface area contributed by atoms with Crippen molar-refractivity contribution in [1.29, 1.82) is 0 Å². The number of nitrogens with zero attached hydrogens (tertiary/aromatic N) is 3. The lowest BCUT2D eigenvalue weighted by molar-refractivity contribution is -0.187. The number of benzene rings is 3. The van der Waals surface area contributed by atoms with E-state index in [0.717, 1.165) is 31.2 Å². The van der Waals surface area contributed by atoms with E-state index in [9.17, 15) is 0 Å². The number of halogens is 1. The molecule has 1 saturated carbocycles. The lowest BCUT2D eigenvalue weighted by Crippen LogP contribution is -2.58. The Hall–Kier alpha value is -2.83. The standard InChI is InChI=1S/C24H27N5O.ClH/c1-16-10-12-24(13-11-16)28-22(25)27-23(26)29(24)30-15-18-14-17-6-2-3-7-19(17)21-9-5-4-8-20(18)21;/h2-9,14,16H,10-13,15H2,1H3,(H4,25,26,27,28);1H. The van der Waals surface area contributed by atoms with Crippen molar-refractivity contribution in [2.24, 2.45) is 27.4 Å². The molecule has 0 aromatic heterocycles. The van der Waals surface area contributed by atoms with Crippen molar-refractivity contribution >= 4 is 45.9 Å². The van der Waals surface area contributed by atoms with Crippen LogP contribution in [0.15, 0.2) is 64.6 Å². The van der Waals surface area contributed by atoms with Gasteiger partial charge >= 0.3 is 0 Å². The van der Waals surface area contributed by atoms with Crippen LogP contribution in [0.25, 0.3) is 21.5 Å². The van der Waals surface area contributed by atoms with Crippen molar-refractivity contribution in [3.8, 4) is 0 Å². The average Bonchev–Trinajstić information content (AvgIpc) is 2.75. The Kier molecular flexibility index (Phi) is 5.77. The first-order valence-corrected chi connectivity index (χ1v) is 10.6. The van der Waals surface area contributed by atoms with Gasteiger partial charge in [0.2, 0.25) is 11.9 Å². The van der Waals surface area contributed by atoms with Gasteiger partial charge in [0.1, 0.15) is 6.61 Å². The molecule has 6 nitrogen and oxygen atoms in total. The second kappa shape index (κ2) is 8.36. The summed E-state index contributed by atoms with van der Waals surface area (Å²) in [6, 6.07) is 19.1. The van der Waals surface area contributed by atoms with Gasteiger partial charge in [0.25, 0.3) is 0 Å². The number of hydroxylamine groups is 2. The third-order valence-corrected chi connectivity index (χ3v) is 6.42. The number of fused-ring (bicyclic) bond motifs is 3. The molecule has 31 heavy (non-hydrogen) atoms. The highest BCUT2D eigenvalue weighted by molar-refractivity contribution is 6.08. The fraction of sp³-hybridized carbons (Fsp3) is 0.333. The van der Waals surface area contributed by atoms with Crippen LogP contribution in [0.1, 0.15) is 38.2 Å². The fourth-order valence-corrected chi connectivity index (χ4v) is 4.77. The summed E-state index contributed by atoms with van der Waals surface area (Å²) >= 11 is 0. The van der Waals surface area contributed by atoms with Crippen molar-refractivity contribution in [2.75, 3.05) is 0 Å². The van der Waals surface area contributed by atoms with Gasteiger partial charge in [-0.1, -0.05) is 55.5 Å². The maximum Gasteiger partial charge on any atom is 0.226 e. The van der Waals surface area contributed by atoms with Gasteiger partial charge in [-0.25, -0.2) is 4.99 Å². The highest BCUT2D eigenvalue weighted by atomic mass is 35.5. The molecule has 0 bridgehead atoms. The minimum absolute atomic E-state index is 0. The molecule has 2 aliphatic rings. The molecule has 1 aliphatic heterocycles. The zero-order valence-corrected chi connectivity index (χ0v) is 18.4. The van der Waals surface area contributed by atoms with Gasteiger partial charge < -0.3 is 11.5 Å². The fourth-order valence-electron chi connectivity index (χ4n) is 4.77. The number of guanidine groups is 2. The molecule has 1 aliphatic carbocycles. The Bertz CT molecular complexity index is 1170. The highest BCUT2D eigenvalue weighted by Crippen LogP contribution is 2.39. The summed E-state index contributed by atoms with van der Waals surface area (Å²) in [5, 5.41) is 6.54. The Morgan fingerprint density at radius 1 is 1.00 bits per heavy atom. The van der Waals surface area contributed by atoms with Gasteiger partial charge in [-0.2, -0.15) is 10.1 Å². The zero-order chi connectivity index (χ0) is 20.7. The molecule has 1 heterocycles. The van der Waals surface area contributed by atoms with E-state index in [1.165, 1.54) is 21.5 Å². The minimum Gasteiger partial charge on any atom is -0.368 e. The van der Waals surface area contributed by atoms with Crippen LogP contribution in [-0.4, -0.2) is 22.6 Å². The largest absolute Gasteiger partial charge is 0.368 e. The summed E-state index contributed by atoms with van der Waals surface area (Å²) in [6.07, 6.45) is 3.82. The minimum atomic E-state index is -0.560. The third kappa shape index (κ3) is 3.82. The van der Waals surface area contributed by atoms with E-state index in [-0.39, 0.29) is 24.3 Å². The Labute approximate surface area is 188 Å². The normalized spacial score (nSPS) is 23.5. The molecular weight excluding hydrogens is 410 g/mol. The van der Waals surface area contributed by atoms with Crippen LogP contribution in [0.5, 0.6) is 0 Å². The van der Waals surface area contributed by atoms with Crippen LogP contribution in [0.4, 0.5) is 0 Å². The smallest absolute Gasteiger partial charge is 0.226 e. The summed E-state index contributed by atoms with van der Waals surface area (Å²) in [5.74, 6) is 1.18. The molecule has 5 rings (SSSR count). The summed E-state index contributed by atoms with van der Waals surface area (Å²) in [6.45, 7) is 2.65. The summed E-state index contributed by atoms with van der Waals surface area (Å²) in [4.78, 5) is 15.2. The lowest BCUT2D eigenvalue weighted by atomic mass is 9.82. The predicted octanol–water partition coefficient (Wildman–Crippen LogP) is 4.70. The third-order valence-electron chi connectivity index (χ3n) is 6.42. The first-order chi connectivity index (χ1) is 14.6. The number of nitrogens with two attached hydrogens (primary N) is 2. The molecule has 3 aromatic carbocycles. The van der Waals surface area contributed by atoms with E-state index in [2.05, 4.69) is 66.5 Å². The topological polar surface area (TPSA) is 89.2 Å². The first-order valence-electron chi connectivity index (χ1n) is 10.6. The SMILES string of the molecule is CC1CCC2(CC1)N=C(N)N=C(N)N2OCc1cc2ccccc2c2ccccc12.Cl. The van der Waals surface area contributed by atoms with Crippen LogP contribution in [-0.2, 0) is 11.4 Å². The molecule has 3 aromatic rings. The van der Waals surface area contributed by atoms with E-state index >= 15 is 0 Å². The zero-order valence-electron chi connectivity index (χ0n) is 17.6. The van der Waals surface area contributed by atoms with Crippen molar-refractivity contribution in [3.05, 3.63) is 60.2 Å². The molecule has 1 spiro atoms. The van der Waals surface area contributed by atoms with Crippen LogP contribution in [0.2, 0.25) is 0 Å². The van der Waals surface area contributed by atoms with Crippen LogP contribution >= 0.6 is 12.4 Å². The van der Waals surface area contributed by atoms with Crippen molar-refractivity contribution in [1.82, 2.24) is 5.06 Å². The Morgan fingerprint density at radius 2 is 1.65 bits per heavy atom. The summed E-state index contributed by atoms with van der Waals surface area (Å²) in [5.41, 5.74) is 12.8. The monoisotopic (exact) mass is 437 g/mol. The van der Waals surface area contributed by atoms with Gasteiger partial charge in [0, 0.05) is 0 Å². The molecular formula is C24H28ClN5O. The van der Waals surface area contributed by atoms with Gasteiger partial charge in [-0.05, 0) is 64.8 Å². The van der Waals surface area contributed by atoms with Gasteiger partial charge in [-0.3, -0.25) is 4.84 Å². The number of rotatable bonds is 3. The predicted molar refractivity (Wildman–Crippen MR) is 129 cm³/mol. The van der Waals surface area contributed by atoms with E-state index < -0.39 is 5.66 Å². The second-order valence-electron chi connectivity index (χ2n) is 8.48. The molecule has 1 fully saturated rings. The van der Waals surface area contributed by atoms with Gasteiger partial charge in [0.15, 0.2) is 5.66 Å². The molecule has 4 N–H and O–H groups in total. The number of hydrogen-bond donors (Lipinski definition) is 2. The maximum atomic E-state index is 6.33. The van der Waals surface area contributed by atoms with Crippen LogP contribution < -0.4 is 11.5 Å². The van der Waals surface area contributed by atoms with Crippen molar-refractivity contribution < 1.29 is 4.84 Å². The number of hydrogen-bond acceptors (Lipinski definition) is 6. The molecule has 0 amide bonds. The maximum absolute atomic E-state index is 6.33. The van der Waals surface area contributed by atoms with E-state index in [4.69, 9.17) is 21.3 Å². The first kappa shape index (κ1) is 21.4. The molecule has 0 saturated heterocycles. The van der Waals surface area contributed by atoms with Gasteiger partial charge in [0.05, 0.1) is 0 Å². The van der Waals surface area contributed by atoms with Gasteiger partial charge in [-0.15, -0.1) is 12.4 Å². The van der Waals surface area contributed by atoms with E-state index in [0.29, 0.717) is 12.5 Å². The highest BCUT2D eigenvalue weighted by Gasteiger charge is 2.44. The molecule has 0 unspecified atom stereocenters. The van der Waals surface area contributed by atoms with Crippen molar-refractivity contribution in [2.45, 2.75) is 44.9 Å². The van der Waals surface area contributed by atoms with Crippen LogP contribution in [0, 0.1) is 5.92 Å².